The number of carbonyl (C=O) groups is 1. The zero-order chi connectivity index (χ0) is 19.6. The van der Waals surface area contributed by atoms with E-state index < -0.39 is 0 Å². The Hall–Kier alpha value is -3.48. The Labute approximate surface area is 168 Å². The third-order valence-corrected chi connectivity index (χ3v) is 5.52. The van der Waals surface area contributed by atoms with Crippen molar-refractivity contribution in [3.05, 3.63) is 77.9 Å². The summed E-state index contributed by atoms with van der Waals surface area (Å²) in [6.45, 7) is 2.01. The van der Waals surface area contributed by atoms with Gasteiger partial charge in [-0.05, 0) is 30.5 Å². The first kappa shape index (κ1) is 17.6. The van der Waals surface area contributed by atoms with Crippen molar-refractivity contribution >= 4 is 16.9 Å². The molecule has 0 atom stereocenters. The van der Waals surface area contributed by atoms with Crippen molar-refractivity contribution in [1.29, 1.82) is 0 Å². The molecule has 0 aliphatic carbocycles. The molecule has 7 heteroatoms. The number of nitrogens with one attached hydrogen (secondary N) is 1. The molecule has 2 aromatic carbocycles. The molecule has 5 rings (SSSR count). The van der Waals surface area contributed by atoms with Crippen molar-refractivity contribution in [3.8, 4) is 0 Å². The molecular formula is C22H22N6O. The second kappa shape index (κ2) is 7.50. The minimum absolute atomic E-state index is 0.0487. The van der Waals surface area contributed by atoms with Crippen LogP contribution in [0.15, 0.2) is 60.8 Å². The van der Waals surface area contributed by atoms with Crippen molar-refractivity contribution in [2.75, 3.05) is 13.1 Å². The van der Waals surface area contributed by atoms with E-state index in [9.17, 15) is 4.79 Å². The number of carbonyl (C=O) groups excluding carboxylic acids is 1. The van der Waals surface area contributed by atoms with Gasteiger partial charge in [-0.25, -0.2) is 9.67 Å². The number of likely N-dealkylation sites (tertiary alicyclic amines) is 1. The van der Waals surface area contributed by atoms with Gasteiger partial charge in [0.25, 0.3) is 5.91 Å². The average Bonchev–Trinajstić information content (AvgIpc) is 3.41. The van der Waals surface area contributed by atoms with Gasteiger partial charge in [-0.1, -0.05) is 47.7 Å². The highest BCUT2D eigenvalue weighted by Crippen LogP contribution is 2.28. The standard InChI is InChI=1S/C22H22N6O/c29-22(20-15-28(26-25-20)14-16-6-2-1-3-7-16)27-12-10-17(11-13-27)21-23-18-8-4-5-9-19(18)24-21/h1-9,15,17H,10-14H2,(H,23,24). The Morgan fingerprint density at radius 2 is 1.79 bits per heavy atom. The van der Waals surface area contributed by atoms with Crippen LogP contribution < -0.4 is 0 Å². The molecule has 1 N–H and O–H groups in total. The van der Waals surface area contributed by atoms with Crippen LogP contribution in [0.1, 0.15) is 40.6 Å². The van der Waals surface area contributed by atoms with E-state index in [4.69, 9.17) is 4.98 Å². The van der Waals surface area contributed by atoms with Crippen LogP contribution in [0, 0.1) is 0 Å². The summed E-state index contributed by atoms with van der Waals surface area (Å²) < 4.78 is 1.71. The first-order chi connectivity index (χ1) is 14.3. The summed E-state index contributed by atoms with van der Waals surface area (Å²) in [5, 5.41) is 8.22. The minimum atomic E-state index is -0.0487. The first-order valence-corrected chi connectivity index (χ1v) is 9.94. The fourth-order valence-electron chi connectivity index (χ4n) is 3.93. The zero-order valence-electron chi connectivity index (χ0n) is 16.0. The Kier molecular flexibility index (Phi) is 4.56. The summed E-state index contributed by atoms with van der Waals surface area (Å²) in [5.41, 5.74) is 3.60. The van der Waals surface area contributed by atoms with Gasteiger partial charge < -0.3 is 9.88 Å². The topological polar surface area (TPSA) is 79.7 Å². The third kappa shape index (κ3) is 3.63. The summed E-state index contributed by atoms with van der Waals surface area (Å²) in [6, 6.07) is 18.1. The van der Waals surface area contributed by atoms with E-state index in [1.165, 1.54) is 0 Å². The van der Waals surface area contributed by atoms with Crippen molar-refractivity contribution in [2.45, 2.75) is 25.3 Å². The number of hydrogen-bond acceptors (Lipinski definition) is 4. The van der Waals surface area contributed by atoms with E-state index in [-0.39, 0.29) is 5.91 Å². The van der Waals surface area contributed by atoms with Crippen molar-refractivity contribution in [2.24, 2.45) is 0 Å². The number of piperidine rings is 1. The molecule has 3 heterocycles. The van der Waals surface area contributed by atoms with Gasteiger partial charge >= 0.3 is 0 Å². The van der Waals surface area contributed by atoms with Crippen molar-refractivity contribution in [1.82, 2.24) is 29.9 Å². The van der Waals surface area contributed by atoms with Crippen LogP contribution in [0.2, 0.25) is 0 Å². The molecule has 1 aliphatic heterocycles. The van der Waals surface area contributed by atoms with Crippen molar-refractivity contribution < 1.29 is 4.79 Å². The predicted molar refractivity (Wildman–Crippen MR) is 110 cm³/mol. The number of aromatic nitrogens is 5. The van der Waals surface area contributed by atoms with Gasteiger partial charge in [0.1, 0.15) is 5.82 Å². The largest absolute Gasteiger partial charge is 0.342 e. The second-order valence-corrected chi connectivity index (χ2v) is 7.49. The van der Waals surface area contributed by atoms with E-state index in [0.717, 1.165) is 35.3 Å². The Bertz CT molecular complexity index is 1090. The highest BCUT2D eigenvalue weighted by atomic mass is 16.2. The highest BCUT2D eigenvalue weighted by Gasteiger charge is 2.27. The summed E-state index contributed by atoms with van der Waals surface area (Å²) in [6.07, 6.45) is 3.52. The van der Waals surface area contributed by atoms with E-state index in [1.54, 1.807) is 10.9 Å². The molecule has 0 unspecified atom stereocenters. The van der Waals surface area contributed by atoms with Crippen LogP contribution in [0.4, 0.5) is 0 Å². The number of para-hydroxylation sites is 2. The molecule has 29 heavy (non-hydrogen) atoms. The number of aromatic amines is 1. The highest BCUT2D eigenvalue weighted by molar-refractivity contribution is 5.92. The fourth-order valence-corrected chi connectivity index (χ4v) is 3.93. The quantitative estimate of drug-likeness (QED) is 0.584. The van der Waals surface area contributed by atoms with E-state index in [1.807, 2.05) is 59.5 Å². The Morgan fingerprint density at radius 3 is 2.59 bits per heavy atom. The number of rotatable bonds is 4. The first-order valence-electron chi connectivity index (χ1n) is 9.94. The van der Waals surface area contributed by atoms with E-state index in [0.29, 0.717) is 31.2 Å². The lowest BCUT2D eigenvalue weighted by atomic mass is 9.96. The monoisotopic (exact) mass is 386 g/mol. The summed E-state index contributed by atoms with van der Waals surface area (Å²) in [5.74, 6) is 1.32. The van der Waals surface area contributed by atoms with Crippen LogP contribution in [-0.2, 0) is 6.54 Å². The number of hydrogen-bond donors (Lipinski definition) is 1. The maximum absolute atomic E-state index is 12.8. The smallest absolute Gasteiger partial charge is 0.276 e. The molecule has 2 aromatic heterocycles. The average molecular weight is 386 g/mol. The van der Waals surface area contributed by atoms with Gasteiger partial charge in [0, 0.05) is 19.0 Å². The molecule has 1 aliphatic rings. The Morgan fingerprint density at radius 1 is 1.03 bits per heavy atom. The van der Waals surface area contributed by atoms with Gasteiger partial charge in [-0.15, -0.1) is 5.10 Å². The lowest BCUT2D eigenvalue weighted by Gasteiger charge is -2.30. The molecule has 0 spiro atoms. The number of H-pyrrole nitrogens is 1. The van der Waals surface area contributed by atoms with Gasteiger partial charge in [0.05, 0.1) is 23.8 Å². The third-order valence-electron chi connectivity index (χ3n) is 5.52. The number of imidazole rings is 1. The van der Waals surface area contributed by atoms with Gasteiger partial charge in [-0.3, -0.25) is 4.79 Å². The van der Waals surface area contributed by atoms with Gasteiger partial charge in [0.2, 0.25) is 0 Å². The maximum atomic E-state index is 12.8. The SMILES string of the molecule is O=C(c1cn(Cc2ccccc2)nn1)N1CCC(c2nc3ccccc3[nH]2)CC1. The molecule has 0 bridgehead atoms. The number of fused-ring (bicyclic) bond motifs is 1. The summed E-state index contributed by atoms with van der Waals surface area (Å²) in [7, 11) is 0. The lowest BCUT2D eigenvalue weighted by molar-refractivity contribution is 0.0705. The lowest BCUT2D eigenvalue weighted by Crippen LogP contribution is -2.38. The predicted octanol–water partition coefficient (Wildman–Crippen LogP) is 3.22. The molecule has 0 saturated carbocycles. The van der Waals surface area contributed by atoms with Crippen LogP contribution >= 0.6 is 0 Å². The molecule has 4 aromatic rings. The minimum Gasteiger partial charge on any atom is -0.342 e. The van der Waals surface area contributed by atoms with E-state index in [2.05, 4.69) is 15.3 Å². The number of benzene rings is 2. The number of amides is 1. The second-order valence-electron chi connectivity index (χ2n) is 7.49. The van der Waals surface area contributed by atoms with E-state index >= 15 is 0 Å². The molecule has 1 saturated heterocycles. The molecule has 0 radical (unpaired) electrons. The Balaban J connectivity index is 1.22. The van der Waals surface area contributed by atoms with Crippen LogP contribution in [0.5, 0.6) is 0 Å². The molecule has 1 amide bonds. The number of nitrogens with zero attached hydrogens (tertiary/aromatic N) is 5. The summed E-state index contributed by atoms with van der Waals surface area (Å²) in [4.78, 5) is 22.9. The van der Waals surface area contributed by atoms with Crippen LogP contribution in [0.3, 0.4) is 0 Å². The zero-order valence-corrected chi connectivity index (χ0v) is 16.0. The molecule has 7 nitrogen and oxygen atoms in total. The fraction of sp³-hybridized carbons (Fsp3) is 0.273. The van der Waals surface area contributed by atoms with Gasteiger partial charge in [-0.2, -0.15) is 0 Å². The van der Waals surface area contributed by atoms with Gasteiger partial charge in [0.15, 0.2) is 5.69 Å². The van der Waals surface area contributed by atoms with Crippen LogP contribution in [-0.4, -0.2) is 48.9 Å². The maximum Gasteiger partial charge on any atom is 0.276 e. The van der Waals surface area contributed by atoms with Crippen LogP contribution in [0.25, 0.3) is 11.0 Å². The molecular weight excluding hydrogens is 364 g/mol. The molecule has 146 valence electrons. The summed E-state index contributed by atoms with van der Waals surface area (Å²) >= 11 is 0. The normalized spacial score (nSPS) is 15.1. The van der Waals surface area contributed by atoms with Crippen molar-refractivity contribution in [3.63, 3.8) is 0 Å². The molecule has 1 fully saturated rings.